The topological polar surface area (TPSA) is 44.5 Å². The molecule has 2 atom stereocenters. The maximum absolute atomic E-state index is 12.4. The van der Waals surface area contributed by atoms with Gasteiger partial charge in [-0.1, -0.05) is 12.1 Å². The highest BCUT2D eigenvalue weighted by Crippen LogP contribution is 2.31. The van der Waals surface area contributed by atoms with E-state index in [0.717, 1.165) is 17.7 Å². The Bertz CT molecular complexity index is 433. The predicted octanol–water partition coefficient (Wildman–Crippen LogP) is 2.34. The molecule has 0 aromatic heterocycles. The first kappa shape index (κ1) is 14.3. The maximum Gasteiger partial charge on any atom is 0.416 e. The van der Waals surface area contributed by atoms with Crippen molar-refractivity contribution in [2.75, 3.05) is 13.2 Å². The van der Waals surface area contributed by atoms with Crippen LogP contribution in [0.15, 0.2) is 24.3 Å². The highest BCUT2D eigenvalue weighted by Gasteiger charge is 2.37. The smallest absolute Gasteiger partial charge is 0.347 e. The Morgan fingerprint density at radius 2 is 1.95 bits per heavy atom. The van der Waals surface area contributed by atoms with E-state index in [1.165, 1.54) is 12.1 Å². The van der Waals surface area contributed by atoms with Gasteiger partial charge in [-0.2, -0.15) is 13.2 Å². The molecule has 2 rings (SSSR count). The second kappa shape index (κ2) is 5.11. The zero-order valence-electron chi connectivity index (χ0n) is 10.5. The van der Waals surface area contributed by atoms with Crippen LogP contribution in [0.4, 0.5) is 13.2 Å². The molecule has 2 unspecified atom stereocenters. The summed E-state index contributed by atoms with van der Waals surface area (Å²) in [5.41, 5.74) is 5.56. The fraction of sp³-hybridized carbons (Fsp3) is 0.538. The summed E-state index contributed by atoms with van der Waals surface area (Å²) in [6.07, 6.45) is -4.07. The molecule has 0 amide bonds. The average Bonchev–Trinajstić information content (AvgIpc) is 2.70. The van der Waals surface area contributed by atoms with Gasteiger partial charge in [-0.25, -0.2) is 0 Å². The van der Waals surface area contributed by atoms with Gasteiger partial charge in [0.05, 0.1) is 18.3 Å². The Labute approximate surface area is 109 Å². The van der Waals surface area contributed by atoms with Gasteiger partial charge in [0.2, 0.25) is 0 Å². The van der Waals surface area contributed by atoms with Gasteiger partial charge in [0.1, 0.15) is 0 Å². The summed E-state index contributed by atoms with van der Waals surface area (Å²) in [7, 11) is 0. The van der Waals surface area contributed by atoms with E-state index in [2.05, 4.69) is 0 Å². The summed E-state index contributed by atoms with van der Waals surface area (Å²) in [6, 6.07) is 5.01. The van der Waals surface area contributed by atoms with Gasteiger partial charge in [-0.05, 0) is 24.6 Å². The van der Waals surface area contributed by atoms with E-state index in [0.29, 0.717) is 19.6 Å². The van der Waals surface area contributed by atoms with Crippen molar-refractivity contribution in [3.05, 3.63) is 35.4 Å². The lowest BCUT2D eigenvalue weighted by atomic mass is 10.0. The molecule has 3 nitrogen and oxygen atoms in total. The molecule has 2 N–H and O–H groups in total. The minimum absolute atomic E-state index is 0.153. The van der Waals surface area contributed by atoms with Crippen LogP contribution in [0.3, 0.4) is 0 Å². The number of halogens is 3. The van der Waals surface area contributed by atoms with Gasteiger partial charge < -0.3 is 15.2 Å². The fourth-order valence-corrected chi connectivity index (χ4v) is 2.08. The van der Waals surface area contributed by atoms with Crippen molar-refractivity contribution < 1.29 is 22.6 Å². The summed E-state index contributed by atoms with van der Waals surface area (Å²) in [5.74, 6) is -0.816. The molecule has 0 spiro atoms. The third-order valence-corrected chi connectivity index (χ3v) is 3.06. The molecule has 1 aliphatic heterocycles. The molecule has 1 fully saturated rings. The summed E-state index contributed by atoms with van der Waals surface area (Å²) >= 11 is 0. The molecule has 1 aromatic carbocycles. The van der Waals surface area contributed by atoms with E-state index in [4.69, 9.17) is 15.2 Å². The Hall–Kier alpha value is -1.11. The van der Waals surface area contributed by atoms with E-state index >= 15 is 0 Å². The Kier molecular flexibility index (Phi) is 3.85. The number of nitrogens with two attached hydrogens (primary N) is 1. The van der Waals surface area contributed by atoms with E-state index in [9.17, 15) is 13.2 Å². The van der Waals surface area contributed by atoms with Crippen molar-refractivity contribution in [1.29, 1.82) is 0 Å². The number of hydrogen-bond donors (Lipinski definition) is 1. The van der Waals surface area contributed by atoms with Gasteiger partial charge in [-0.3, -0.25) is 0 Å². The first-order valence-electron chi connectivity index (χ1n) is 6.00. The summed E-state index contributed by atoms with van der Waals surface area (Å²) < 4.78 is 48.5. The van der Waals surface area contributed by atoms with Crippen LogP contribution in [-0.2, 0) is 22.1 Å². The molecule has 0 aliphatic carbocycles. The predicted molar refractivity (Wildman–Crippen MR) is 63.4 cm³/mol. The standard InChI is InChI=1S/C13H16F3NO2/c1-12(18-8-11(7-17)19-12)6-9-2-4-10(5-3-9)13(14,15)16/h2-5,11H,6-8,17H2,1H3. The van der Waals surface area contributed by atoms with Gasteiger partial charge in [-0.15, -0.1) is 0 Å². The molecular weight excluding hydrogens is 259 g/mol. The summed E-state index contributed by atoms with van der Waals surface area (Å²) in [6.45, 7) is 2.54. The lowest BCUT2D eigenvalue weighted by Crippen LogP contribution is -2.31. The highest BCUT2D eigenvalue weighted by molar-refractivity contribution is 5.25. The maximum atomic E-state index is 12.4. The third kappa shape index (κ3) is 3.46. The monoisotopic (exact) mass is 275 g/mol. The molecule has 1 saturated heterocycles. The largest absolute Gasteiger partial charge is 0.416 e. The number of rotatable bonds is 3. The lowest BCUT2D eigenvalue weighted by molar-refractivity contribution is -0.151. The SMILES string of the molecule is CC1(Cc2ccc(C(F)(F)F)cc2)OCC(CN)O1. The van der Waals surface area contributed by atoms with Crippen molar-refractivity contribution >= 4 is 0 Å². The number of hydrogen-bond acceptors (Lipinski definition) is 3. The van der Waals surface area contributed by atoms with E-state index < -0.39 is 17.5 Å². The van der Waals surface area contributed by atoms with E-state index in [1.807, 2.05) is 0 Å². The van der Waals surface area contributed by atoms with Crippen molar-refractivity contribution in [2.24, 2.45) is 5.73 Å². The van der Waals surface area contributed by atoms with Gasteiger partial charge >= 0.3 is 6.18 Å². The molecule has 0 radical (unpaired) electrons. The fourth-order valence-electron chi connectivity index (χ4n) is 2.08. The number of ether oxygens (including phenoxy) is 2. The molecule has 1 aliphatic rings. The number of alkyl halides is 3. The van der Waals surface area contributed by atoms with Crippen LogP contribution in [-0.4, -0.2) is 25.0 Å². The molecule has 1 aromatic rings. The molecule has 0 saturated carbocycles. The zero-order valence-corrected chi connectivity index (χ0v) is 10.5. The third-order valence-electron chi connectivity index (χ3n) is 3.06. The Morgan fingerprint density at radius 1 is 1.32 bits per heavy atom. The molecule has 106 valence electrons. The second-order valence-electron chi connectivity index (χ2n) is 4.79. The normalized spacial score (nSPS) is 27.7. The second-order valence-corrected chi connectivity index (χ2v) is 4.79. The summed E-state index contributed by atoms with van der Waals surface area (Å²) in [5, 5.41) is 0. The lowest BCUT2D eigenvalue weighted by Gasteiger charge is -2.23. The van der Waals surface area contributed by atoms with Crippen molar-refractivity contribution in [1.82, 2.24) is 0 Å². The van der Waals surface area contributed by atoms with Gasteiger partial charge in [0, 0.05) is 13.0 Å². The molecule has 6 heteroatoms. The minimum atomic E-state index is -4.31. The van der Waals surface area contributed by atoms with Crippen LogP contribution in [0, 0.1) is 0 Å². The van der Waals surface area contributed by atoms with Crippen molar-refractivity contribution in [3.8, 4) is 0 Å². The van der Waals surface area contributed by atoms with Gasteiger partial charge in [0.15, 0.2) is 5.79 Å². The summed E-state index contributed by atoms with van der Waals surface area (Å²) in [4.78, 5) is 0. The quantitative estimate of drug-likeness (QED) is 0.921. The highest BCUT2D eigenvalue weighted by atomic mass is 19.4. The first-order valence-corrected chi connectivity index (χ1v) is 6.00. The minimum Gasteiger partial charge on any atom is -0.347 e. The van der Waals surface area contributed by atoms with E-state index in [-0.39, 0.29) is 6.10 Å². The Morgan fingerprint density at radius 3 is 2.42 bits per heavy atom. The average molecular weight is 275 g/mol. The molecule has 0 bridgehead atoms. The van der Waals surface area contributed by atoms with E-state index in [1.54, 1.807) is 6.92 Å². The van der Waals surface area contributed by atoms with Crippen LogP contribution >= 0.6 is 0 Å². The first-order chi connectivity index (χ1) is 8.82. The van der Waals surface area contributed by atoms with Crippen LogP contribution in [0.2, 0.25) is 0 Å². The van der Waals surface area contributed by atoms with Crippen LogP contribution < -0.4 is 5.73 Å². The van der Waals surface area contributed by atoms with Crippen LogP contribution in [0.25, 0.3) is 0 Å². The van der Waals surface area contributed by atoms with Crippen LogP contribution in [0.5, 0.6) is 0 Å². The van der Waals surface area contributed by atoms with Crippen molar-refractivity contribution in [2.45, 2.75) is 31.4 Å². The molecule has 19 heavy (non-hydrogen) atoms. The molecular formula is C13H16F3NO2. The molecule has 1 heterocycles. The number of benzene rings is 1. The zero-order chi connectivity index (χ0) is 14.1. The Balaban J connectivity index is 2.04. The van der Waals surface area contributed by atoms with Gasteiger partial charge in [0.25, 0.3) is 0 Å². The van der Waals surface area contributed by atoms with Crippen LogP contribution in [0.1, 0.15) is 18.1 Å². The van der Waals surface area contributed by atoms with Crippen molar-refractivity contribution in [3.63, 3.8) is 0 Å².